The van der Waals surface area contributed by atoms with Crippen molar-refractivity contribution in [3.8, 4) is 0 Å². The van der Waals surface area contributed by atoms with Crippen LogP contribution in [0.2, 0.25) is 0 Å². The molecular weight excluding hydrogens is 106 g/mol. The number of hydrogen-bond donors (Lipinski definition) is 2. The lowest BCUT2D eigenvalue weighted by Crippen LogP contribution is -1.95. The van der Waals surface area contributed by atoms with Gasteiger partial charge in [-0.2, -0.15) is 12.6 Å². The largest absolute Gasteiger partial charge is 0.330 e. The lowest BCUT2D eigenvalue weighted by molar-refractivity contribution is 0.807. The SMILES string of the molecule is CCCCN.CS. The van der Waals surface area contributed by atoms with E-state index >= 15 is 0 Å². The van der Waals surface area contributed by atoms with Gasteiger partial charge in [0.2, 0.25) is 0 Å². The molecule has 0 aliphatic heterocycles. The summed E-state index contributed by atoms with van der Waals surface area (Å²) in [5.74, 6) is 0. The molecule has 0 radical (unpaired) electrons. The predicted octanol–water partition coefficient (Wildman–Crippen LogP) is 1.29. The average Bonchev–Trinajstić information content (AvgIpc) is 1.75. The van der Waals surface area contributed by atoms with Crippen LogP contribution in [0.15, 0.2) is 0 Å². The molecule has 0 bridgehead atoms. The summed E-state index contributed by atoms with van der Waals surface area (Å²) >= 11 is 3.53. The van der Waals surface area contributed by atoms with E-state index in [4.69, 9.17) is 5.73 Å². The smallest absolute Gasteiger partial charge is 0.00774 e. The maximum atomic E-state index is 5.14. The standard InChI is InChI=1S/C4H11N.CH4S/c1-2-3-4-5;1-2/h2-5H2,1H3;2H,1H3. The Morgan fingerprint density at radius 2 is 1.86 bits per heavy atom. The van der Waals surface area contributed by atoms with Crippen LogP contribution in [0, 0.1) is 0 Å². The monoisotopic (exact) mass is 121 g/mol. The van der Waals surface area contributed by atoms with Crippen LogP contribution in [0.3, 0.4) is 0 Å². The minimum atomic E-state index is 0.844. The highest BCUT2D eigenvalue weighted by molar-refractivity contribution is 7.79. The lowest BCUT2D eigenvalue weighted by Gasteiger charge is -1.80. The second-order valence-electron chi connectivity index (χ2n) is 1.14. The Morgan fingerprint density at radius 3 is 1.86 bits per heavy atom. The van der Waals surface area contributed by atoms with E-state index in [1.165, 1.54) is 12.8 Å². The van der Waals surface area contributed by atoms with E-state index in [2.05, 4.69) is 19.6 Å². The van der Waals surface area contributed by atoms with Gasteiger partial charge >= 0.3 is 0 Å². The third-order valence-electron chi connectivity index (χ3n) is 0.558. The maximum Gasteiger partial charge on any atom is -0.00774 e. The number of nitrogens with two attached hydrogens (primary N) is 1. The molecule has 0 saturated heterocycles. The van der Waals surface area contributed by atoms with Crippen LogP contribution >= 0.6 is 12.6 Å². The van der Waals surface area contributed by atoms with Crippen molar-refractivity contribution in [3.05, 3.63) is 0 Å². The Balaban J connectivity index is 0. The molecule has 0 aliphatic rings. The lowest BCUT2D eigenvalue weighted by atomic mass is 10.3. The van der Waals surface area contributed by atoms with Gasteiger partial charge in [0.15, 0.2) is 0 Å². The summed E-state index contributed by atoms with van der Waals surface area (Å²) in [6, 6.07) is 0. The molecule has 0 rings (SSSR count). The van der Waals surface area contributed by atoms with Gasteiger partial charge in [-0.1, -0.05) is 13.3 Å². The average molecular weight is 121 g/mol. The first-order valence-electron chi connectivity index (χ1n) is 2.56. The summed E-state index contributed by atoms with van der Waals surface area (Å²) in [6.07, 6.45) is 4.08. The third-order valence-corrected chi connectivity index (χ3v) is 0.558. The van der Waals surface area contributed by atoms with Gasteiger partial charge in [0.05, 0.1) is 0 Å². The van der Waals surface area contributed by atoms with E-state index in [1.807, 2.05) is 0 Å². The van der Waals surface area contributed by atoms with Crippen molar-refractivity contribution in [1.29, 1.82) is 0 Å². The summed E-state index contributed by atoms with van der Waals surface area (Å²) in [7, 11) is 0. The molecule has 0 aliphatic carbocycles. The Labute approximate surface area is 51.7 Å². The Morgan fingerprint density at radius 1 is 1.43 bits per heavy atom. The summed E-state index contributed by atoms with van der Waals surface area (Å²) < 4.78 is 0. The number of thiol groups is 1. The van der Waals surface area contributed by atoms with Crippen molar-refractivity contribution in [2.24, 2.45) is 5.73 Å². The van der Waals surface area contributed by atoms with Gasteiger partial charge in [-0.25, -0.2) is 0 Å². The van der Waals surface area contributed by atoms with E-state index in [1.54, 1.807) is 6.26 Å². The molecule has 0 amide bonds. The Hall–Kier alpha value is 0.310. The highest BCUT2D eigenvalue weighted by Gasteiger charge is 1.67. The van der Waals surface area contributed by atoms with Gasteiger partial charge in [-0.05, 0) is 19.2 Å². The quantitative estimate of drug-likeness (QED) is 0.529. The first kappa shape index (κ1) is 10.3. The molecule has 1 nitrogen and oxygen atoms in total. The van der Waals surface area contributed by atoms with E-state index in [0.29, 0.717) is 0 Å². The number of hydrogen-bond acceptors (Lipinski definition) is 2. The molecule has 0 atom stereocenters. The van der Waals surface area contributed by atoms with Crippen LogP contribution in [0.5, 0.6) is 0 Å². The van der Waals surface area contributed by atoms with Gasteiger partial charge in [0.1, 0.15) is 0 Å². The molecule has 2 heteroatoms. The number of unbranched alkanes of at least 4 members (excludes halogenated alkanes) is 1. The highest BCUT2D eigenvalue weighted by Crippen LogP contribution is 1.77. The van der Waals surface area contributed by atoms with E-state index in [9.17, 15) is 0 Å². The first-order valence-corrected chi connectivity index (χ1v) is 3.46. The molecule has 46 valence electrons. The predicted molar refractivity (Wildman–Crippen MR) is 38.9 cm³/mol. The molecule has 2 N–H and O–H groups in total. The van der Waals surface area contributed by atoms with Crippen LogP contribution < -0.4 is 5.73 Å². The molecule has 0 unspecified atom stereocenters. The van der Waals surface area contributed by atoms with E-state index in [0.717, 1.165) is 6.54 Å². The second kappa shape index (κ2) is 16.2. The van der Waals surface area contributed by atoms with Gasteiger partial charge in [0.25, 0.3) is 0 Å². The first-order chi connectivity index (χ1) is 3.41. The fourth-order valence-electron chi connectivity index (χ4n) is 0.204. The zero-order valence-corrected chi connectivity index (χ0v) is 6.04. The third kappa shape index (κ3) is 22.0. The van der Waals surface area contributed by atoms with Crippen LogP contribution in [-0.2, 0) is 0 Å². The van der Waals surface area contributed by atoms with Crippen LogP contribution in [-0.4, -0.2) is 12.8 Å². The topological polar surface area (TPSA) is 26.0 Å². The molecule has 0 spiro atoms. The minimum Gasteiger partial charge on any atom is -0.330 e. The van der Waals surface area contributed by atoms with E-state index in [-0.39, 0.29) is 0 Å². The fraction of sp³-hybridized carbons (Fsp3) is 1.00. The minimum absolute atomic E-state index is 0.844. The van der Waals surface area contributed by atoms with Crippen molar-refractivity contribution in [3.63, 3.8) is 0 Å². The molecule has 0 heterocycles. The molecule has 7 heavy (non-hydrogen) atoms. The Bertz CT molecular complexity index is 15.6. The van der Waals surface area contributed by atoms with Crippen molar-refractivity contribution in [2.75, 3.05) is 12.8 Å². The zero-order chi connectivity index (χ0) is 6.12. The second-order valence-corrected chi connectivity index (χ2v) is 1.14. The Kier molecular flexibility index (Phi) is 23.9. The van der Waals surface area contributed by atoms with Gasteiger partial charge in [-0.15, -0.1) is 0 Å². The zero-order valence-electron chi connectivity index (χ0n) is 5.15. The summed E-state index contributed by atoms with van der Waals surface area (Å²) in [5, 5.41) is 0. The molecule has 0 aromatic carbocycles. The maximum absolute atomic E-state index is 5.14. The van der Waals surface area contributed by atoms with Crippen molar-refractivity contribution < 1.29 is 0 Å². The molecule has 0 aromatic rings. The highest BCUT2D eigenvalue weighted by atomic mass is 32.1. The number of rotatable bonds is 2. The van der Waals surface area contributed by atoms with Crippen molar-refractivity contribution in [2.45, 2.75) is 19.8 Å². The fourth-order valence-corrected chi connectivity index (χ4v) is 0.204. The molecule has 0 fully saturated rings. The summed E-state index contributed by atoms with van der Waals surface area (Å²) in [5.41, 5.74) is 5.14. The van der Waals surface area contributed by atoms with Crippen molar-refractivity contribution >= 4 is 12.6 Å². The van der Waals surface area contributed by atoms with Crippen LogP contribution in [0.1, 0.15) is 19.8 Å². The molecule has 0 saturated carbocycles. The van der Waals surface area contributed by atoms with Crippen LogP contribution in [0.25, 0.3) is 0 Å². The molecule has 0 aromatic heterocycles. The van der Waals surface area contributed by atoms with Gasteiger partial charge in [-0.3, -0.25) is 0 Å². The van der Waals surface area contributed by atoms with Gasteiger partial charge < -0.3 is 5.73 Å². The summed E-state index contributed by atoms with van der Waals surface area (Å²) in [6.45, 7) is 2.98. The van der Waals surface area contributed by atoms with Gasteiger partial charge in [0, 0.05) is 0 Å². The molecular formula is C5H15NS. The summed E-state index contributed by atoms with van der Waals surface area (Å²) in [4.78, 5) is 0. The van der Waals surface area contributed by atoms with Crippen LogP contribution in [0.4, 0.5) is 0 Å². The van der Waals surface area contributed by atoms with E-state index < -0.39 is 0 Å². The van der Waals surface area contributed by atoms with Crippen molar-refractivity contribution in [1.82, 2.24) is 0 Å². The normalized spacial score (nSPS) is 6.86.